The lowest BCUT2D eigenvalue weighted by Crippen LogP contribution is -2.14. The van der Waals surface area contributed by atoms with Crippen LogP contribution in [0.2, 0.25) is 0 Å². The summed E-state index contributed by atoms with van der Waals surface area (Å²) in [6.45, 7) is 4.74. The first kappa shape index (κ1) is 36.8. The molecule has 11 aromatic rings. The molecule has 0 atom stereocenters. The number of pyridine rings is 1. The molecule has 2 aromatic heterocycles. The first-order valence-corrected chi connectivity index (χ1v) is 21.7. The van der Waals surface area contributed by atoms with Crippen molar-refractivity contribution in [3.63, 3.8) is 0 Å². The molecule has 0 radical (unpaired) electrons. The molecule has 3 nitrogen and oxygen atoms in total. The van der Waals surface area contributed by atoms with Crippen molar-refractivity contribution in [1.29, 1.82) is 0 Å². The van der Waals surface area contributed by atoms with Gasteiger partial charge in [0, 0.05) is 34.5 Å². The van der Waals surface area contributed by atoms with Gasteiger partial charge in [-0.25, -0.2) is 9.97 Å². The molecule has 0 N–H and O–H groups in total. The van der Waals surface area contributed by atoms with Crippen LogP contribution in [-0.2, 0) is 5.41 Å². The lowest BCUT2D eigenvalue weighted by molar-refractivity contribution is 0.661. The van der Waals surface area contributed by atoms with Crippen molar-refractivity contribution in [2.45, 2.75) is 19.3 Å². The number of rotatable bonds is 4. The average molecular weight is 804 g/mol. The van der Waals surface area contributed by atoms with E-state index in [1.54, 1.807) is 6.20 Å². The van der Waals surface area contributed by atoms with Gasteiger partial charge in [-0.2, -0.15) is 0 Å². The Kier molecular flexibility index (Phi) is 8.52. The molecule has 0 spiro atoms. The maximum atomic E-state index is 5.38. The van der Waals surface area contributed by atoms with E-state index in [-0.39, 0.29) is 5.41 Å². The molecule has 1 aliphatic carbocycles. The summed E-state index contributed by atoms with van der Waals surface area (Å²) in [6.07, 6.45) is 3.71. The predicted molar refractivity (Wildman–Crippen MR) is 264 cm³/mol. The van der Waals surface area contributed by atoms with Gasteiger partial charge in [0.2, 0.25) is 0 Å². The van der Waals surface area contributed by atoms with Crippen LogP contribution in [-0.4, -0.2) is 15.0 Å². The highest BCUT2D eigenvalue weighted by molar-refractivity contribution is 6.27. The van der Waals surface area contributed by atoms with Crippen molar-refractivity contribution >= 4 is 53.9 Å². The molecule has 63 heavy (non-hydrogen) atoms. The molecule has 0 amide bonds. The predicted octanol–water partition coefficient (Wildman–Crippen LogP) is 15.7. The smallest absolute Gasteiger partial charge is 0.160 e. The van der Waals surface area contributed by atoms with Gasteiger partial charge < -0.3 is 0 Å². The van der Waals surface area contributed by atoms with Crippen molar-refractivity contribution < 1.29 is 0 Å². The highest BCUT2D eigenvalue weighted by Gasteiger charge is 2.35. The highest BCUT2D eigenvalue weighted by Crippen LogP contribution is 2.51. The Bertz CT molecular complexity index is 3690. The molecular weight excluding hydrogens is 763 g/mol. The van der Waals surface area contributed by atoms with Gasteiger partial charge in [-0.1, -0.05) is 184 Å². The van der Waals surface area contributed by atoms with Gasteiger partial charge in [0.25, 0.3) is 0 Å². The molecule has 9 aromatic carbocycles. The van der Waals surface area contributed by atoms with E-state index in [1.165, 1.54) is 70.7 Å². The normalized spacial score (nSPS) is 12.7. The van der Waals surface area contributed by atoms with E-state index < -0.39 is 0 Å². The van der Waals surface area contributed by atoms with Crippen LogP contribution in [0.3, 0.4) is 0 Å². The number of hydrogen-bond acceptors (Lipinski definition) is 3. The molecule has 296 valence electrons. The SMILES string of the molecule is CC1(C)c2ccccc2-c2cc3c4cc(-c5nc(-c6ccccc6)cc(-c6ccc(-c7cccnc7)cc6)n5)ccc4c4ccccc4c4ccccc4c4ccccc4c3cc21. The quantitative estimate of drug-likeness (QED) is 0.178. The fraction of sp³-hybridized carbons (Fsp3) is 0.0500. The first-order chi connectivity index (χ1) is 31.0. The van der Waals surface area contributed by atoms with E-state index in [4.69, 9.17) is 9.97 Å². The maximum Gasteiger partial charge on any atom is 0.160 e. The third-order valence-corrected chi connectivity index (χ3v) is 13.2. The number of benzene rings is 8. The molecule has 3 heteroatoms. The second kappa shape index (κ2) is 14.6. The molecule has 0 fully saturated rings. The van der Waals surface area contributed by atoms with Gasteiger partial charge in [0.15, 0.2) is 5.82 Å². The Morgan fingerprint density at radius 2 is 0.794 bits per heavy atom. The fourth-order valence-electron chi connectivity index (χ4n) is 10.0. The molecule has 0 saturated carbocycles. The Morgan fingerprint density at radius 1 is 0.317 bits per heavy atom. The Hall–Kier alpha value is -8.01. The molecule has 2 heterocycles. The molecule has 0 aliphatic heterocycles. The lowest BCUT2D eigenvalue weighted by Gasteiger charge is -2.22. The summed E-state index contributed by atoms with van der Waals surface area (Å²) in [5, 5.41) is 12.0. The summed E-state index contributed by atoms with van der Waals surface area (Å²) in [6, 6.07) is 72.7. The third-order valence-electron chi connectivity index (χ3n) is 13.2. The maximum absolute atomic E-state index is 5.38. The second-order valence-electron chi connectivity index (χ2n) is 17.2. The van der Waals surface area contributed by atoms with E-state index in [2.05, 4.69) is 207 Å². The average Bonchev–Trinajstić information content (AvgIpc) is 3.58. The summed E-state index contributed by atoms with van der Waals surface area (Å²) in [5.41, 5.74) is 12.1. The zero-order valence-electron chi connectivity index (χ0n) is 35.0. The molecule has 0 unspecified atom stereocenters. The molecule has 0 saturated heterocycles. The minimum Gasteiger partial charge on any atom is -0.264 e. The largest absolute Gasteiger partial charge is 0.264 e. The molecule has 1 aliphatic rings. The number of aromatic nitrogens is 3. The van der Waals surface area contributed by atoms with E-state index in [1.807, 2.05) is 18.3 Å². The fourth-order valence-corrected chi connectivity index (χ4v) is 10.0. The number of nitrogens with zero attached hydrogens (tertiary/aromatic N) is 3. The van der Waals surface area contributed by atoms with Crippen LogP contribution < -0.4 is 0 Å². The van der Waals surface area contributed by atoms with Crippen molar-refractivity contribution in [3.05, 3.63) is 224 Å². The van der Waals surface area contributed by atoms with Crippen LogP contribution in [0.5, 0.6) is 0 Å². The Balaban J connectivity index is 1.21. The zero-order chi connectivity index (χ0) is 42.1. The second-order valence-corrected chi connectivity index (χ2v) is 17.2. The summed E-state index contributed by atoms with van der Waals surface area (Å²) < 4.78 is 0. The van der Waals surface area contributed by atoms with Crippen LogP contribution >= 0.6 is 0 Å². The topological polar surface area (TPSA) is 38.7 Å². The van der Waals surface area contributed by atoms with Gasteiger partial charge in [0.05, 0.1) is 11.4 Å². The minimum atomic E-state index is -0.168. The van der Waals surface area contributed by atoms with Crippen LogP contribution in [0.15, 0.2) is 213 Å². The zero-order valence-corrected chi connectivity index (χ0v) is 35.0. The van der Waals surface area contributed by atoms with Crippen molar-refractivity contribution in [3.8, 4) is 56.2 Å². The van der Waals surface area contributed by atoms with Gasteiger partial charge in [0.1, 0.15) is 0 Å². The minimum absolute atomic E-state index is 0.168. The lowest BCUT2D eigenvalue weighted by atomic mass is 9.81. The summed E-state index contributed by atoms with van der Waals surface area (Å²) in [4.78, 5) is 15.1. The standard InChI is InChI=1S/C60H41N3/c1-60(2)55-25-13-12-24-50(55)54-34-52-51-33-41(59-62-57(39-15-4-3-5-16-39)36-58(63-59)40-28-26-38(27-29-40)42-17-14-32-61-37-42)30-31-49(51)47-22-9-8-20-45(47)43-18-6-7-19-44(43)46-21-10-11-23-48(46)53(52)35-56(54)60/h3-37H,1-2H3. The summed E-state index contributed by atoms with van der Waals surface area (Å²) in [7, 11) is 0. The van der Waals surface area contributed by atoms with E-state index in [9.17, 15) is 0 Å². The Morgan fingerprint density at radius 3 is 1.41 bits per heavy atom. The van der Waals surface area contributed by atoms with Gasteiger partial charge in [-0.3, -0.25) is 4.98 Å². The monoisotopic (exact) mass is 803 g/mol. The van der Waals surface area contributed by atoms with Gasteiger partial charge >= 0.3 is 0 Å². The van der Waals surface area contributed by atoms with Crippen LogP contribution in [0, 0.1) is 0 Å². The highest BCUT2D eigenvalue weighted by atomic mass is 14.9. The van der Waals surface area contributed by atoms with Gasteiger partial charge in [-0.05, 0) is 118 Å². The van der Waals surface area contributed by atoms with E-state index in [0.717, 1.165) is 44.6 Å². The summed E-state index contributed by atoms with van der Waals surface area (Å²) in [5.74, 6) is 0.677. The van der Waals surface area contributed by atoms with E-state index >= 15 is 0 Å². The van der Waals surface area contributed by atoms with E-state index in [0.29, 0.717) is 5.82 Å². The number of hydrogen-bond donors (Lipinski definition) is 0. The van der Waals surface area contributed by atoms with Crippen LogP contribution in [0.25, 0.3) is 110 Å². The number of fused-ring (bicyclic) bond motifs is 13. The van der Waals surface area contributed by atoms with Crippen LogP contribution in [0.1, 0.15) is 25.0 Å². The third kappa shape index (κ3) is 6.07. The van der Waals surface area contributed by atoms with Crippen LogP contribution in [0.4, 0.5) is 0 Å². The molecule has 12 rings (SSSR count). The molecular formula is C60H41N3. The first-order valence-electron chi connectivity index (χ1n) is 21.7. The van der Waals surface area contributed by atoms with Crippen molar-refractivity contribution in [2.24, 2.45) is 0 Å². The van der Waals surface area contributed by atoms with Gasteiger partial charge in [-0.15, -0.1) is 0 Å². The van der Waals surface area contributed by atoms with Crippen molar-refractivity contribution in [1.82, 2.24) is 15.0 Å². The van der Waals surface area contributed by atoms with Crippen molar-refractivity contribution in [2.75, 3.05) is 0 Å². The Labute approximate surface area is 366 Å². The summed E-state index contributed by atoms with van der Waals surface area (Å²) >= 11 is 0. The molecule has 0 bridgehead atoms.